The predicted molar refractivity (Wildman–Crippen MR) is 107 cm³/mol. The summed E-state index contributed by atoms with van der Waals surface area (Å²) in [5.41, 5.74) is 3.53. The van der Waals surface area contributed by atoms with Crippen LogP contribution in [-0.4, -0.2) is 53.1 Å². The van der Waals surface area contributed by atoms with Crippen molar-refractivity contribution in [3.8, 4) is 0 Å². The molecule has 1 atom stereocenters. The first-order valence-electron chi connectivity index (χ1n) is 8.61. The molecular weight excluding hydrogens is 336 g/mol. The van der Waals surface area contributed by atoms with Crippen LogP contribution in [0.5, 0.6) is 0 Å². The molecule has 2 N–H and O–H groups in total. The minimum atomic E-state index is -2.95. The summed E-state index contributed by atoms with van der Waals surface area (Å²) in [6, 6.07) is 6.37. The van der Waals surface area contributed by atoms with Crippen molar-refractivity contribution in [1.82, 2.24) is 10.6 Å². The quantitative estimate of drug-likeness (QED) is 0.542. The third kappa shape index (κ3) is 8.25. The summed E-state index contributed by atoms with van der Waals surface area (Å²) < 4.78 is 22.6. The molecule has 0 aliphatic carbocycles. The Balaban J connectivity index is 2.82. The zero-order valence-corrected chi connectivity index (χ0v) is 17.1. The molecule has 0 amide bonds. The molecule has 0 radical (unpaired) electrons. The highest BCUT2D eigenvalue weighted by Crippen LogP contribution is 2.21. The first kappa shape index (κ1) is 21.3. The van der Waals surface area contributed by atoms with Gasteiger partial charge in [0, 0.05) is 38.6 Å². The molecule has 0 aromatic heterocycles. The lowest BCUT2D eigenvalue weighted by molar-refractivity contribution is 0.581. The van der Waals surface area contributed by atoms with Crippen molar-refractivity contribution >= 4 is 21.5 Å². The summed E-state index contributed by atoms with van der Waals surface area (Å²) in [6.07, 6.45) is 1.82. The first-order chi connectivity index (χ1) is 11.6. The second-order valence-corrected chi connectivity index (χ2v) is 8.95. The van der Waals surface area contributed by atoms with E-state index in [1.807, 2.05) is 27.9 Å². The third-order valence-corrected chi connectivity index (χ3v) is 4.76. The lowest BCUT2D eigenvalue weighted by atomic mass is 10.1. The van der Waals surface area contributed by atoms with Crippen LogP contribution in [0.25, 0.3) is 0 Å². The number of rotatable bonds is 8. The van der Waals surface area contributed by atoms with Gasteiger partial charge in [0.05, 0.1) is 12.3 Å². The van der Waals surface area contributed by atoms with Crippen molar-refractivity contribution in [3.05, 3.63) is 29.3 Å². The van der Waals surface area contributed by atoms with E-state index in [2.05, 4.69) is 45.6 Å². The molecule has 142 valence electrons. The number of hydrogen-bond donors (Lipinski definition) is 2. The van der Waals surface area contributed by atoms with Gasteiger partial charge < -0.3 is 15.5 Å². The molecule has 0 heterocycles. The molecule has 1 rings (SSSR count). The zero-order valence-electron chi connectivity index (χ0n) is 16.3. The Morgan fingerprint density at radius 1 is 1.32 bits per heavy atom. The molecule has 0 saturated carbocycles. The topological polar surface area (TPSA) is 73.8 Å². The summed E-state index contributed by atoms with van der Waals surface area (Å²) in [7, 11) is 1.11. The van der Waals surface area contributed by atoms with Gasteiger partial charge in [-0.3, -0.25) is 0 Å². The number of nitrogens with zero attached hydrogens (tertiary/aromatic N) is 2. The van der Waals surface area contributed by atoms with Crippen LogP contribution in [0.4, 0.5) is 5.69 Å². The van der Waals surface area contributed by atoms with Crippen molar-refractivity contribution in [2.24, 2.45) is 4.99 Å². The first-order valence-corrected chi connectivity index (χ1v) is 10.7. The summed E-state index contributed by atoms with van der Waals surface area (Å²) >= 11 is 0. The van der Waals surface area contributed by atoms with Crippen molar-refractivity contribution in [3.63, 3.8) is 0 Å². The molecule has 0 aliphatic rings. The van der Waals surface area contributed by atoms with E-state index in [9.17, 15) is 8.42 Å². The fraction of sp³-hybridized carbons (Fsp3) is 0.611. The number of aryl methyl sites for hydroxylation is 1. The molecule has 25 heavy (non-hydrogen) atoms. The van der Waals surface area contributed by atoms with E-state index in [-0.39, 0.29) is 11.8 Å². The minimum absolute atomic E-state index is 0.0267. The largest absolute Gasteiger partial charge is 0.377 e. The van der Waals surface area contributed by atoms with E-state index < -0.39 is 9.84 Å². The lowest BCUT2D eigenvalue weighted by Crippen LogP contribution is -2.42. The molecule has 1 aromatic carbocycles. The van der Waals surface area contributed by atoms with E-state index >= 15 is 0 Å². The molecule has 6 nitrogen and oxygen atoms in total. The highest BCUT2D eigenvalue weighted by molar-refractivity contribution is 7.90. The number of benzene rings is 1. The van der Waals surface area contributed by atoms with Crippen LogP contribution in [0, 0.1) is 6.92 Å². The molecule has 0 bridgehead atoms. The van der Waals surface area contributed by atoms with Crippen LogP contribution >= 0.6 is 0 Å². The summed E-state index contributed by atoms with van der Waals surface area (Å²) in [5, 5.41) is 6.50. The lowest BCUT2D eigenvalue weighted by Gasteiger charge is -2.19. The second kappa shape index (κ2) is 9.65. The van der Waals surface area contributed by atoms with Gasteiger partial charge in [-0.2, -0.15) is 0 Å². The Morgan fingerprint density at radius 2 is 2.00 bits per heavy atom. The SMILES string of the molecule is CCNC(=NCc1ccc(C)cc1N(C)C)NC(C)CCS(C)(=O)=O. The highest BCUT2D eigenvalue weighted by Gasteiger charge is 2.10. The van der Waals surface area contributed by atoms with E-state index in [1.165, 1.54) is 11.8 Å². The molecule has 0 fully saturated rings. The number of nitrogens with one attached hydrogen (secondary N) is 2. The highest BCUT2D eigenvalue weighted by atomic mass is 32.2. The van der Waals surface area contributed by atoms with Crippen molar-refractivity contribution in [2.45, 2.75) is 39.8 Å². The molecule has 7 heteroatoms. The average Bonchev–Trinajstić information content (AvgIpc) is 2.51. The molecule has 1 unspecified atom stereocenters. The number of hydrogen-bond acceptors (Lipinski definition) is 4. The van der Waals surface area contributed by atoms with Crippen LogP contribution in [0.15, 0.2) is 23.2 Å². The van der Waals surface area contributed by atoms with Crippen LogP contribution in [0.2, 0.25) is 0 Å². The van der Waals surface area contributed by atoms with Crippen molar-refractivity contribution < 1.29 is 8.42 Å². The van der Waals surface area contributed by atoms with E-state index in [4.69, 9.17) is 0 Å². The maximum Gasteiger partial charge on any atom is 0.191 e. The predicted octanol–water partition coefficient (Wildman–Crippen LogP) is 1.94. The Kier molecular flexibility index (Phi) is 8.22. The third-order valence-electron chi connectivity index (χ3n) is 3.78. The van der Waals surface area contributed by atoms with Gasteiger partial charge in [-0.25, -0.2) is 13.4 Å². The van der Waals surface area contributed by atoms with Crippen LogP contribution in [-0.2, 0) is 16.4 Å². The molecular formula is C18H32N4O2S. The molecule has 0 aliphatic heterocycles. The average molecular weight is 369 g/mol. The summed E-state index contributed by atoms with van der Waals surface area (Å²) in [5.74, 6) is 0.873. The Morgan fingerprint density at radius 3 is 2.56 bits per heavy atom. The van der Waals surface area contributed by atoms with Gasteiger partial charge >= 0.3 is 0 Å². The number of sulfone groups is 1. The van der Waals surface area contributed by atoms with Gasteiger partial charge in [-0.05, 0) is 44.4 Å². The molecule has 1 aromatic rings. The minimum Gasteiger partial charge on any atom is -0.377 e. The monoisotopic (exact) mass is 368 g/mol. The van der Waals surface area contributed by atoms with Crippen LogP contribution in [0.1, 0.15) is 31.4 Å². The van der Waals surface area contributed by atoms with Gasteiger partial charge in [0.1, 0.15) is 9.84 Å². The molecule has 0 saturated heterocycles. The van der Waals surface area contributed by atoms with E-state index in [0.29, 0.717) is 18.9 Å². The summed E-state index contributed by atoms with van der Waals surface area (Å²) in [4.78, 5) is 6.75. The van der Waals surface area contributed by atoms with Crippen molar-refractivity contribution in [1.29, 1.82) is 0 Å². The Bertz CT molecular complexity index is 684. The maximum atomic E-state index is 11.3. The Hall–Kier alpha value is -1.76. The van der Waals surface area contributed by atoms with Gasteiger partial charge in [-0.1, -0.05) is 12.1 Å². The number of guanidine groups is 1. The Labute approximate surface area is 152 Å². The maximum absolute atomic E-state index is 11.3. The van der Waals surface area contributed by atoms with Gasteiger partial charge in [-0.15, -0.1) is 0 Å². The van der Waals surface area contributed by atoms with E-state index in [1.54, 1.807) is 0 Å². The number of aliphatic imine (C=N–C) groups is 1. The van der Waals surface area contributed by atoms with Crippen LogP contribution in [0.3, 0.4) is 0 Å². The van der Waals surface area contributed by atoms with Crippen molar-refractivity contribution in [2.75, 3.05) is 37.5 Å². The van der Waals surface area contributed by atoms with Crippen LogP contribution < -0.4 is 15.5 Å². The zero-order chi connectivity index (χ0) is 19.0. The molecule has 0 spiro atoms. The van der Waals surface area contributed by atoms with Gasteiger partial charge in [0.15, 0.2) is 5.96 Å². The second-order valence-electron chi connectivity index (χ2n) is 6.69. The standard InChI is InChI=1S/C18H32N4O2S/c1-7-19-18(21-15(3)10-11-25(6,23)24)20-13-16-9-8-14(2)12-17(16)22(4)5/h8-9,12,15H,7,10-11,13H2,1-6H3,(H2,19,20,21). The fourth-order valence-electron chi connectivity index (χ4n) is 2.40. The fourth-order valence-corrected chi connectivity index (χ4v) is 3.19. The summed E-state index contributed by atoms with van der Waals surface area (Å²) in [6.45, 7) is 7.36. The smallest absolute Gasteiger partial charge is 0.191 e. The van der Waals surface area contributed by atoms with Gasteiger partial charge in [0.25, 0.3) is 0 Å². The number of anilines is 1. The van der Waals surface area contributed by atoms with E-state index in [0.717, 1.165) is 17.8 Å². The normalized spacial score (nSPS) is 13.4. The van der Waals surface area contributed by atoms with Gasteiger partial charge in [0.2, 0.25) is 0 Å².